The van der Waals surface area contributed by atoms with Crippen LogP contribution in [-0.4, -0.2) is 56.7 Å². The van der Waals surface area contributed by atoms with Gasteiger partial charge in [0.15, 0.2) is 5.78 Å². The highest BCUT2D eigenvalue weighted by atomic mass is 19.4. The third kappa shape index (κ3) is 7.42. The van der Waals surface area contributed by atoms with Crippen molar-refractivity contribution in [2.24, 2.45) is 0 Å². The third-order valence-electron chi connectivity index (χ3n) is 5.85. The average molecular weight is 534 g/mol. The quantitative estimate of drug-likeness (QED) is 0.316. The highest BCUT2D eigenvalue weighted by Crippen LogP contribution is 2.23. The number of urea groups is 1. The molecule has 1 aliphatic heterocycles. The van der Waals surface area contributed by atoms with E-state index in [1.54, 1.807) is 5.48 Å². The number of likely N-dealkylation sites (tertiary alicyclic amines) is 1. The van der Waals surface area contributed by atoms with Gasteiger partial charge < -0.3 is 14.7 Å². The van der Waals surface area contributed by atoms with E-state index < -0.39 is 24.2 Å². The summed E-state index contributed by atoms with van der Waals surface area (Å²) >= 11 is 0. The predicted octanol–water partition coefficient (Wildman–Crippen LogP) is 4.43. The molecule has 1 saturated heterocycles. The number of nitrogens with zero attached hydrogens (tertiary/aromatic N) is 2. The first-order valence-electron chi connectivity index (χ1n) is 11.6. The number of rotatable bonds is 6. The van der Waals surface area contributed by atoms with Gasteiger partial charge in [0.2, 0.25) is 0 Å². The Kier molecular flexibility index (Phi) is 9.24. The number of hydrogen-bond acceptors (Lipinski definition) is 6. The Labute approximate surface area is 215 Å². The number of alkyl halides is 3. The molecule has 3 N–H and O–H groups in total. The van der Waals surface area contributed by atoms with E-state index in [0.717, 1.165) is 39.9 Å². The number of para-hydroxylation sites is 1. The fourth-order valence-electron chi connectivity index (χ4n) is 4.11. The monoisotopic (exact) mass is 533 g/mol. The molecule has 2 aromatic carbocycles. The molecule has 202 valence electrons. The van der Waals surface area contributed by atoms with Gasteiger partial charge >= 0.3 is 18.2 Å². The van der Waals surface area contributed by atoms with Crippen molar-refractivity contribution in [3.05, 3.63) is 71.4 Å². The Morgan fingerprint density at radius 1 is 1.13 bits per heavy atom. The van der Waals surface area contributed by atoms with E-state index in [0.29, 0.717) is 19.6 Å². The number of hydrogen-bond donors (Lipinski definition) is 3. The Balaban J connectivity index is 0.000000505. The van der Waals surface area contributed by atoms with Crippen LogP contribution in [0.3, 0.4) is 0 Å². The zero-order chi connectivity index (χ0) is 27.9. The van der Waals surface area contributed by atoms with Gasteiger partial charge in [-0.25, -0.2) is 15.1 Å². The highest BCUT2D eigenvalue weighted by molar-refractivity contribution is 5.90. The van der Waals surface area contributed by atoms with Crippen molar-refractivity contribution in [2.45, 2.75) is 45.0 Å². The van der Waals surface area contributed by atoms with Crippen LogP contribution in [-0.2, 0) is 22.6 Å². The Morgan fingerprint density at radius 3 is 2.42 bits per heavy atom. The van der Waals surface area contributed by atoms with Gasteiger partial charge in [-0.3, -0.25) is 15.0 Å². The Hall–Kier alpha value is -4.19. The molecular weight excluding hydrogens is 507 g/mol. The number of nitrogens with one attached hydrogen (secondary N) is 1. The number of aliphatic carboxylic acids is 1. The van der Waals surface area contributed by atoms with Crippen LogP contribution >= 0.6 is 0 Å². The smallest absolute Gasteiger partial charge is 0.489 e. The second-order valence-electron chi connectivity index (χ2n) is 8.59. The van der Waals surface area contributed by atoms with E-state index >= 15 is 0 Å². The number of amides is 2. The fraction of sp³-hybridized carbons (Fsp3) is 0.308. The summed E-state index contributed by atoms with van der Waals surface area (Å²) in [4.78, 5) is 39.2. The van der Waals surface area contributed by atoms with Gasteiger partial charge in [0, 0.05) is 29.6 Å². The number of carboxylic acid groups (broad SMARTS) is 1. The van der Waals surface area contributed by atoms with E-state index in [4.69, 9.17) is 19.8 Å². The normalized spacial score (nSPS) is 15.0. The lowest BCUT2D eigenvalue weighted by atomic mass is 10.0. The van der Waals surface area contributed by atoms with Crippen LogP contribution in [0.4, 0.5) is 18.0 Å². The molecule has 1 aromatic heterocycles. The van der Waals surface area contributed by atoms with Gasteiger partial charge in [-0.05, 0) is 49.6 Å². The predicted molar refractivity (Wildman–Crippen MR) is 130 cm³/mol. The summed E-state index contributed by atoms with van der Waals surface area (Å²) in [5.74, 6) is -2.07. The molecular formula is C26H26F3N3O6. The lowest BCUT2D eigenvalue weighted by Crippen LogP contribution is -2.45. The number of pyridine rings is 1. The molecule has 38 heavy (non-hydrogen) atoms. The number of ether oxygens (including phenoxy) is 1. The van der Waals surface area contributed by atoms with Crippen LogP contribution in [0.2, 0.25) is 0 Å². The number of benzene rings is 2. The average Bonchev–Trinajstić information content (AvgIpc) is 3.38. The number of aryl methyl sites for hydroxylation is 1. The molecule has 0 bridgehead atoms. The molecule has 9 nitrogen and oxygen atoms in total. The molecule has 1 unspecified atom stereocenters. The number of carboxylic acids is 1. The topological polar surface area (TPSA) is 129 Å². The van der Waals surface area contributed by atoms with Gasteiger partial charge in [0.05, 0.1) is 11.6 Å². The summed E-state index contributed by atoms with van der Waals surface area (Å²) in [7, 11) is 0. The minimum absolute atomic E-state index is 0.0338. The first-order valence-corrected chi connectivity index (χ1v) is 11.6. The SMILES string of the molecule is Cc1cc(COc2ccc(CC(=O)C3CCCN3C(=O)NO)cc2)c2ccccc2n1.O=C(O)C(F)(F)F. The first-order chi connectivity index (χ1) is 18.0. The third-order valence-corrected chi connectivity index (χ3v) is 5.85. The number of ketones is 1. The van der Waals surface area contributed by atoms with E-state index in [-0.39, 0.29) is 12.2 Å². The minimum Gasteiger partial charge on any atom is -0.489 e. The molecule has 0 saturated carbocycles. The summed E-state index contributed by atoms with van der Waals surface area (Å²) in [6.07, 6.45) is -3.49. The van der Waals surface area contributed by atoms with Crippen molar-refractivity contribution in [1.29, 1.82) is 0 Å². The van der Waals surface area contributed by atoms with Crippen molar-refractivity contribution in [3.63, 3.8) is 0 Å². The van der Waals surface area contributed by atoms with Gasteiger partial charge in [-0.15, -0.1) is 0 Å². The maximum atomic E-state index is 12.7. The summed E-state index contributed by atoms with van der Waals surface area (Å²) in [5, 5.41) is 17.0. The molecule has 2 amide bonds. The summed E-state index contributed by atoms with van der Waals surface area (Å²) in [6.45, 7) is 2.87. The van der Waals surface area contributed by atoms with Crippen molar-refractivity contribution >= 4 is 28.7 Å². The Bertz CT molecular complexity index is 1300. The standard InChI is InChI=1S/C24H25N3O4.C2HF3O2/c1-16-13-18(20-5-2-3-6-21(20)25-16)15-31-19-10-8-17(9-11-19)14-23(28)22-7-4-12-27(22)24(29)26-30;3-2(4,5)1(6)7/h2-3,5-6,8-11,13,22,30H,4,7,12,14-15H2,1H3,(H,26,29);(H,6,7). The van der Waals surface area contributed by atoms with Gasteiger partial charge in [-0.1, -0.05) is 30.3 Å². The zero-order valence-electron chi connectivity index (χ0n) is 20.4. The van der Waals surface area contributed by atoms with Crippen LogP contribution in [0, 0.1) is 6.92 Å². The number of hydroxylamine groups is 1. The van der Waals surface area contributed by atoms with E-state index in [2.05, 4.69) is 4.98 Å². The summed E-state index contributed by atoms with van der Waals surface area (Å²) in [6, 6.07) is 16.4. The van der Waals surface area contributed by atoms with Gasteiger partial charge in [0.1, 0.15) is 12.4 Å². The molecule has 4 rings (SSSR count). The van der Waals surface area contributed by atoms with Gasteiger partial charge in [-0.2, -0.15) is 13.2 Å². The molecule has 1 aliphatic rings. The van der Waals surface area contributed by atoms with Crippen molar-refractivity contribution in [2.75, 3.05) is 6.54 Å². The van der Waals surface area contributed by atoms with E-state index in [9.17, 15) is 22.8 Å². The lowest BCUT2D eigenvalue weighted by molar-refractivity contribution is -0.192. The van der Waals surface area contributed by atoms with Crippen LogP contribution < -0.4 is 10.2 Å². The van der Waals surface area contributed by atoms with Crippen LogP contribution in [0.15, 0.2) is 54.6 Å². The molecule has 0 radical (unpaired) electrons. The number of halogens is 3. The van der Waals surface area contributed by atoms with Gasteiger partial charge in [0.25, 0.3) is 0 Å². The second kappa shape index (κ2) is 12.4. The highest BCUT2D eigenvalue weighted by Gasteiger charge is 2.38. The minimum atomic E-state index is -5.08. The van der Waals surface area contributed by atoms with Crippen LogP contribution in [0.5, 0.6) is 5.75 Å². The Morgan fingerprint density at radius 2 is 1.79 bits per heavy atom. The number of fused-ring (bicyclic) bond motifs is 1. The first kappa shape index (κ1) is 28.4. The van der Waals surface area contributed by atoms with Crippen molar-refractivity contribution in [1.82, 2.24) is 15.4 Å². The van der Waals surface area contributed by atoms with E-state index in [1.807, 2.05) is 61.5 Å². The van der Waals surface area contributed by atoms with Crippen molar-refractivity contribution in [3.8, 4) is 5.75 Å². The molecule has 2 heterocycles. The molecule has 1 fully saturated rings. The largest absolute Gasteiger partial charge is 0.490 e. The molecule has 12 heteroatoms. The summed E-state index contributed by atoms with van der Waals surface area (Å²) in [5.41, 5.74) is 5.45. The molecule has 0 spiro atoms. The number of carbonyl (C=O) groups is 3. The zero-order valence-corrected chi connectivity index (χ0v) is 20.4. The van der Waals surface area contributed by atoms with Crippen LogP contribution in [0.1, 0.15) is 29.7 Å². The molecule has 0 aliphatic carbocycles. The van der Waals surface area contributed by atoms with Crippen LogP contribution in [0.25, 0.3) is 10.9 Å². The maximum Gasteiger partial charge on any atom is 0.490 e. The van der Waals surface area contributed by atoms with Crippen molar-refractivity contribution < 1.29 is 42.6 Å². The number of Topliss-reactive ketones (excluding diaryl/α,β-unsaturated/α-hetero) is 1. The lowest BCUT2D eigenvalue weighted by Gasteiger charge is -2.22. The van der Waals surface area contributed by atoms with E-state index in [1.165, 1.54) is 4.90 Å². The fourth-order valence-corrected chi connectivity index (χ4v) is 4.11. The number of aromatic nitrogens is 1. The molecule has 1 atom stereocenters. The molecule has 3 aromatic rings. The number of carbonyl (C=O) groups excluding carboxylic acids is 2. The summed E-state index contributed by atoms with van der Waals surface area (Å²) < 4.78 is 37.7. The maximum absolute atomic E-state index is 12.7. The second-order valence-corrected chi connectivity index (χ2v) is 8.59.